The molecule has 1 aliphatic heterocycles. The highest BCUT2D eigenvalue weighted by Gasteiger charge is 2.52. The van der Waals surface area contributed by atoms with Crippen LogP contribution in [0.25, 0.3) is 0 Å². The Kier molecular flexibility index (Phi) is 5.95. The minimum atomic E-state index is -1.18. The van der Waals surface area contributed by atoms with E-state index in [1.807, 2.05) is 0 Å². The molecule has 0 radical (unpaired) electrons. The van der Waals surface area contributed by atoms with Gasteiger partial charge in [0.15, 0.2) is 5.54 Å². The number of ether oxygens (including phenoxy) is 1. The number of nitrogens with zero attached hydrogens (tertiary/aromatic N) is 2. The zero-order valence-corrected chi connectivity index (χ0v) is 16.6. The molecule has 1 aliphatic rings. The smallest absolute Gasteiger partial charge is 0.332 e. The van der Waals surface area contributed by atoms with E-state index in [1.54, 1.807) is 35.2 Å². The molecule has 0 aliphatic carbocycles. The molecule has 1 fully saturated rings. The molecule has 6 nitrogen and oxygen atoms in total. The lowest BCUT2D eigenvalue weighted by atomic mass is 9.89. The normalized spacial score (nSPS) is 18.9. The van der Waals surface area contributed by atoms with Crippen molar-refractivity contribution >= 4 is 40.0 Å². The number of thiocarbonyl (C=S) groups is 1. The van der Waals surface area contributed by atoms with Crippen molar-refractivity contribution in [3.05, 3.63) is 75.6 Å². The Balaban J connectivity index is 2.02. The van der Waals surface area contributed by atoms with Crippen LogP contribution in [-0.4, -0.2) is 38.5 Å². The fourth-order valence-corrected chi connectivity index (χ4v) is 4.78. The third-order valence-electron chi connectivity index (χ3n) is 4.66. The van der Waals surface area contributed by atoms with Gasteiger partial charge in [0.2, 0.25) is 0 Å². The number of benzene rings is 2. The molecule has 9 heteroatoms. The van der Waals surface area contributed by atoms with Gasteiger partial charge in [-0.05, 0) is 17.7 Å². The number of para-hydroxylation sites is 1. The molecule has 0 saturated carbocycles. The number of hydrogen-bond acceptors (Lipinski definition) is 6. The lowest BCUT2D eigenvalue weighted by Crippen LogP contribution is -2.55. The van der Waals surface area contributed by atoms with E-state index in [0.717, 1.165) is 5.56 Å². The van der Waals surface area contributed by atoms with Crippen LogP contribution in [0, 0.1) is 15.9 Å². The number of halogens is 1. The molecule has 2 aromatic rings. The van der Waals surface area contributed by atoms with Crippen LogP contribution >= 0.6 is 24.0 Å². The number of thioether (sulfide) groups is 1. The molecule has 0 amide bonds. The van der Waals surface area contributed by atoms with E-state index in [4.69, 9.17) is 17.0 Å². The number of carbonyl (C=O) groups is 1. The summed E-state index contributed by atoms with van der Waals surface area (Å²) in [4.78, 5) is 25.5. The molecule has 0 spiro atoms. The van der Waals surface area contributed by atoms with Gasteiger partial charge in [-0.2, -0.15) is 0 Å². The molecular weight excluding hydrogens is 403 g/mol. The second-order valence-corrected chi connectivity index (χ2v) is 7.96. The average molecular weight is 420 g/mol. The summed E-state index contributed by atoms with van der Waals surface area (Å²) >= 11 is 6.78. The number of rotatable bonds is 6. The van der Waals surface area contributed by atoms with E-state index in [-0.39, 0.29) is 24.5 Å². The van der Waals surface area contributed by atoms with Gasteiger partial charge in [0.25, 0.3) is 5.69 Å². The summed E-state index contributed by atoms with van der Waals surface area (Å²) in [5.41, 5.74) is -0.0542. The Morgan fingerprint density at radius 2 is 2.00 bits per heavy atom. The summed E-state index contributed by atoms with van der Waals surface area (Å²) in [6, 6.07) is 12.2. The molecule has 0 aromatic heterocycles. The Labute approximate surface area is 170 Å². The molecule has 2 aromatic carbocycles. The third-order valence-corrected chi connectivity index (χ3v) is 6.33. The van der Waals surface area contributed by atoms with Gasteiger partial charge in [-0.15, -0.1) is 0 Å². The second-order valence-electron chi connectivity index (χ2n) is 6.35. The van der Waals surface area contributed by atoms with E-state index >= 15 is 0 Å². The zero-order valence-electron chi connectivity index (χ0n) is 15.0. The summed E-state index contributed by atoms with van der Waals surface area (Å²) in [5, 5.41) is 11.4. The molecule has 146 valence electrons. The fraction of sp³-hybridized carbons (Fsp3) is 0.263. The number of methoxy groups -OCH3 is 1. The number of esters is 1. The van der Waals surface area contributed by atoms with Crippen molar-refractivity contribution in [3.63, 3.8) is 0 Å². The lowest BCUT2D eigenvalue weighted by Gasteiger charge is -2.36. The Bertz CT molecular complexity index is 922. The molecule has 1 heterocycles. The topological polar surface area (TPSA) is 72.7 Å². The van der Waals surface area contributed by atoms with Crippen molar-refractivity contribution in [2.75, 3.05) is 12.9 Å². The molecule has 28 heavy (non-hydrogen) atoms. The third kappa shape index (κ3) is 3.85. The van der Waals surface area contributed by atoms with Crippen molar-refractivity contribution in [3.8, 4) is 0 Å². The summed E-state index contributed by atoms with van der Waals surface area (Å²) < 4.78 is 18.8. The molecule has 1 atom stereocenters. The van der Waals surface area contributed by atoms with Gasteiger partial charge in [0.1, 0.15) is 10.1 Å². The number of nitro benzene ring substituents is 1. The van der Waals surface area contributed by atoms with Gasteiger partial charge in [0.05, 0.1) is 12.0 Å². The molecule has 3 rings (SSSR count). The molecular formula is C19H17FN2O4S2. The first-order chi connectivity index (χ1) is 13.4. The van der Waals surface area contributed by atoms with Crippen molar-refractivity contribution in [1.29, 1.82) is 0 Å². The van der Waals surface area contributed by atoms with Gasteiger partial charge in [0, 0.05) is 30.3 Å². The molecule has 1 saturated heterocycles. The van der Waals surface area contributed by atoms with Crippen LogP contribution in [0.1, 0.15) is 11.1 Å². The van der Waals surface area contributed by atoms with Crippen LogP contribution in [0.4, 0.5) is 10.1 Å². The number of carbonyl (C=O) groups excluding carboxylic acids is 1. The van der Waals surface area contributed by atoms with Gasteiger partial charge in [-0.25, -0.2) is 9.18 Å². The van der Waals surface area contributed by atoms with Crippen molar-refractivity contribution in [2.24, 2.45) is 0 Å². The van der Waals surface area contributed by atoms with Crippen LogP contribution in [0.15, 0.2) is 48.5 Å². The highest BCUT2D eigenvalue weighted by Crippen LogP contribution is 2.39. The number of hydrogen-bond donors (Lipinski definition) is 0. The van der Waals surface area contributed by atoms with Crippen LogP contribution in [0.5, 0.6) is 0 Å². The highest BCUT2D eigenvalue weighted by atomic mass is 32.2. The summed E-state index contributed by atoms with van der Waals surface area (Å²) in [7, 11) is 1.28. The Hall–Kier alpha value is -2.52. The minimum Gasteiger partial charge on any atom is -0.467 e. The van der Waals surface area contributed by atoms with E-state index in [1.165, 1.54) is 37.1 Å². The first-order valence-corrected chi connectivity index (χ1v) is 9.76. The van der Waals surface area contributed by atoms with Gasteiger partial charge < -0.3 is 9.64 Å². The maximum Gasteiger partial charge on any atom is 0.332 e. The Morgan fingerprint density at radius 3 is 2.64 bits per heavy atom. The Morgan fingerprint density at radius 1 is 1.32 bits per heavy atom. The second kappa shape index (κ2) is 8.24. The lowest BCUT2D eigenvalue weighted by molar-refractivity contribution is -0.385. The van der Waals surface area contributed by atoms with Crippen molar-refractivity contribution in [1.82, 2.24) is 4.90 Å². The van der Waals surface area contributed by atoms with Crippen LogP contribution < -0.4 is 0 Å². The maximum absolute atomic E-state index is 13.2. The predicted molar refractivity (Wildman–Crippen MR) is 109 cm³/mol. The van der Waals surface area contributed by atoms with Crippen LogP contribution in [-0.2, 0) is 22.5 Å². The fourth-order valence-electron chi connectivity index (χ4n) is 3.23. The minimum absolute atomic E-state index is 0.0599. The van der Waals surface area contributed by atoms with E-state index in [9.17, 15) is 19.3 Å². The first-order valence-electron chi connectivity index (χ1n) is 8.37. The largest absolute Gasteiger partial charge is 0.467 e. The highest BCUT2D eigenvalue weighted by molar-refractivity contribution is 8.23. The quantitative estimate of drug-likeness (QED) is 0.305. The van der Waals surface area contributed by atoms with Crippen LogP contribution in [0.2, 0.25) is 0 Å². The summed E-state index contributed by atoms with van der Waals surface area (Å²) in [6.45, 7) is 0.266. The summed E-state index contributed by atoms with van der Waals surface area (Å²) in [6.07, 6.45) is 0.0746. The molecule has 0 bridgehead atoms. The van der Waals surface area contributed by atoms with Crippen LogP contribution in [0.3, 0.4) is 0 Å². The van der Waals surface area contributed by atoms with E-state index < -0.39 is 16.4 Å². The average Bonchev–Trinajstić information content (AvgIpc) is 3.00. The molecule has 1 unspecified atom stereocenters. The molecule has 0 N–H and O–H groups in total. The standard InChI is InChI=1S/C19H17FN2O4S2/c1-26-17(23)19(10-14-4-2-3-5-16(14)22(24)25)12-28-18(27)21(19)11-13-6-8-15(20)9-7-13/h2-9H,10-12H2,1H3. The predicted octanol–water partition coefficient (Wildman–Crippen LogP) is 3.72. The van der Waals surface area contributed by atoms with E-state index in [2.05, 4.69) is 0 Å². The number of nitro groups is 1. The van der Waals surface area contributed by atoms with Gasteiger partial charge in [-0.3, -0.25) is 10.1 Å². The maximum atomic E-state index is 13.2. The SMILES string of the molecule is COC(=O)C1(Cc2ccccc2[N+](=O)[O-])CSC(=S)N1Cc1ccc(F)cc1. The van der Waals surface area contributed by atoms with E-state index in [0.29, 0.717) is 15.6 Å². The monoisotopic (exact) mass is 420 g/mol. The first kappa shape index (κ1) is 20.2. The van der Waals surface area contributed by atoms with Gasteiger partial charge in [-0.1, -0.05) is 54.3 Å². The van der Waals surface area contributed by atoms with Gasteiger partial charge >= 0.3 is 5.97 Å². The van der Waals surface area contributed by atoms with Crippen molar-refractivity contribution in [2.45, 2.75) is 18.5 Å². The zero-order chi connectivity index (χ0) is 20.3. The summed E-state index contributed by atoms with van der Waals surface area (Å²) in [5.74, 6) is -0.562. The van der Waals surface area contributed by atoms with Crippen molar-refractivity contribution < 1.29 is 18.8 Å².